The van der Waals surface area contributed by atoms with Crippen molar-refractivity contribution in [2.45, 2.75) is 18.9 Å². The molecular weight excluding hydrogens is 220 g/mol. The molecule has 0 heterocycles. The van der Waals surface area contributed by atoms with E-state index in [0.717, 1.165) is 11.1 Å². The Labute approximate surface area is 108 Å². The fourth-order valence-electron chi connectivity index (χ4n) is 1.78. The molecule has 90 valence electrons. The van der Waals surface area contributed by atoms with Crippen molar-refractivity contribution in [2.75, 3.05) is 0 Å². The second-order valence-corrected chi connectivity index (χ2v) is 4.20. The molecule has 0 fully saturated rings. The normalized spacial score (nSPS) is 13.2. The highest BCUT2D eigenvalue weighted by atomic mass is 16.3. The highest BCUT2D eigenvalue weighted by molar-refractivity contribution is 5.39. The first-order chi connectivity index (χ1) is 8.74. The molecule has 1 N–H and O–H groups in total. The van der Waals surface area contributed by atoms with Gasteiger partial charge in [-0.3, -0.25) is 0 Å². The zero-order chi connectivity index (χ0) is 12.8. The van der Waals surface area contributed by atoms with Gasteiger partial charge in [0.25, 0.3) is 0 Å². The van der Waals surface area contributed by atoms with Crippen molar-refractivity contribution in [3.63, 3.8) is 0 Å². The molecule has 0 aliphatic rings. The van der Waals surface area contributed by atoms with Crippen molar-refractivity contribution < 1.29 is 5.11 Å². The minimum absolute atomic E-state index is 0.566. The maximum absolute atomic E-state index is 10.6. The number of rotatable bonds is 2. The SMILES string of the molecule is CC[C@@](O)(C#Cc1ccccc1)c1ccccc1. The molecule has 0 unspecified atom stereocenters. The Morgan fingerprint density at radius 1 is 0.944 bits per heavy atom. The van der Waals surface area contributed by atoms with Crippen LogP contribution in [0.3, 0.4) is 0 Å². The molecule has 0 aliphatic heterocycles. The smallest absolute Gasteiger partial charge is 0.151 e. The predicted octanol–water partition coefficient (Wildman–Crippen LogP) is 3.34. The highest BCUT2D eigenvalue weighted by Crippen LogP contribution is 2.23. The summed E-state index contributed by atoms with van der Waals surface area (Å²) in [6.07, 6.45) is 0.566. The summed E-state index contributed by atoms with van der Waals surface area (Å²) in [7, 11) is 0. The molecule has 0 bridgehead atoms. The summed E-state index contributed by atoms with van der Waals surface area (Å²) in [5, 5.41) is 10.6. The number of benzene rings is 2. The van der Waals surface area contributed by atoms with Crippen molar-refractivity contribution in [3.8, 4) is 11.8 Å². The third-order valence-electron chi connectivity index (χ3n) is 2.95. The highest BCUT2D eigenvalue weighted by Gasteiger charge is 2.23. The van der Waals surface area contributed by atoms with E-state index in [1.54, 1.807) is 0 Å². The predicted molar refractivity (Wildman–Crippen MR) is 73.9 cm³/mol. The van der Waals surface area contributed by atoms with Gasteiger partial charge in [-0.2, -0.15) is 0 Å². The van der Waals surface area contributed by atoms with E-state index in [2.05, 4.69) is 11.8 Å². The lowest BCUT2D eigenvalue weighted by atomic mass is 9.91. The van der Waals surface area contributed by atoms with Gasteiger partial charge in [0.15, 0.2) is 5.60 Å². The van der Waals surface area contributed by atoms with E-state index in [1.165, 1.54) is 0 Å². The molecular formula is C17H16O. The lowest BCUT2D eigenvalue weighted by Crippen LogP contribution is -2.22. The Balaban J connectivity index is 2.33. The summed E-state index contributed by atoms with van der Waals surface area (Å²) in [6.45, 7) is 1.94. The zero-order valence-electron chi connectivity index (χ0n) is 10.4. The van der Waals surface area contributed by atoms with Crippen LogP contribution in [-0.2, 0) is 5.60 Å². The fourth-order valence-corrected chi connectivity index (χ4v) is 1.78. The molecule has 0 radical (unpaired) electrons. The number of aliphatic hydroxyl groups is 1. The summed E-state index contributed by atoms with van der Waals surface area (Å²) in [4.78, 5) is 0. The summed E-state index contributed by atoms with van der Waals surface area (Å²) in [6, 6.07) is 19.3. The maximum atomic E-state index is 10.6. The molecule has 2 aromatic rings. The molecule has 2 rings (SSSR count). The lowest BCUT2D eigenvalue weighted by Gasteiger charge is -2.20. The van der Waals surface area contributed by atoms with Gasteiger partial charge in [0.1, 0.15) is 0 Å². The van der Waals surface area contributed by atoms with E-state index in [0.29, 0.717) is 6.42 Å². The number of hydrogen-bond donors (Lipinski definition) is 1. The van der Waals surface area contributed by atoms with E-state index in [9.17, 15) is 5.11 Å². The third-order valence-corrected chi connectivity index (χ3v) is 2.95. The van der Waals surface area contributed by atoms with E-state index in [4.69, 9.17) is 0 Å². The molecule has 0 aliphatic carbocycles. The minimum atomic E-state index is -1.07. The quantitative estimate of drug-likeness (QED) is 0.793. The zero-order valence-corrected chi connectivity index (χ0v) is 10.4. The third kappa shape index (κ3) is 2.80. The van der Waals surface area contributed by atoms with Crippen molar-refractivity contribution in [2.24, 2.45) is 0 Å². The standard InChI is InChI=1S/C17H16O/c1-2-17(18,16-11-7-4-8-12-16)14-13-15-9-5-3-6-10-15/h3-12,18H,2H2,1H3/t17-/m1/s1. The second kappa shape index (κ2) is 5.53. The van der Waals surface area contributed by atoms with Crippen LogP contribution in [0, 0.1) is 11.8 Å². The summed E-state index contributed by atoms with van der Waals surface area (Å²) >= 11 is 0. The van der Waals surface area contributed by atoms with E-state index < -0.39 is 5.60 Å². The molecule has 0 spiro atoms. The van der Waals surface area contributed by atoms with Gasteiger partial charge in [-0.15, -0.1) is 0 Å². The Hall–Kier alpha value is -2.04. The number of hydrogen-bond acceptors (Lipinski definition) is 1. The summed E-state index contributed by atoms with van der Waals surface area (Å²) in [5.41, 5.74) is 0.688. The van der Waals surface area contributed by atoms with Crippen LogP contribution in [0.1, 0.15) is 24.5 Å². The Kier molecular flexibility index (Phi) is 3.82. The first-order valence-electron chi connectivity index (χ1n) is 6.11. The molecule has 0 saturated heterocycles. The van der Waals surface area contributed by atoms with Crippen LogP contribution in [0.5, 0.6) is 0 Å². The van der Waals surface area contributed by atoms with Gasteiger partial charge in [-0.25, -0.2) is 0 Å². The molecule has 1 nitrogen and oxygen atoms in total. The van der Waals surface area contributed by atoms with Crippen LogP contribution < -0.4 is 0 Å². The van der Waals surface area contributed by atoms with Crippen LogP contribution >= 0.6 is 0 Å². The van der Waals surface area contributed by atoms with Crippen LogP contribution in [0.25, 0.3) is 0 Å². The van der Waals surface area contributed by atoms with Crippen molar-refractivity contribution in [1.29, 1.82) is 0 Å². The van der Waals surface area contributed by atoms with Crippen molar-refractivity contribution in [1.82, 2.24) is 0 Å². The lowest BCUT2D eigenvalue weighted by molar-refractivity contribution is 0.0960. The van der Waals surface area contributed by atoms with Crippen LogP contribution in [0.2, 0.25) is 0 Å². The topological polar surface area (TPSA) is 20.2 Å². The molecule has 1 atom stereocenters. The van der Waals surface area contributed by atoms with Crippen LogP contribution in [-0.4, -0.2) is 5.11 Å². The van der Waals surface area contributed by atoms with Gasteiger partial charge in [-0.1, -0.05) is 67.3 Å². The molecule has 18 heavy (non-hydrogen) atoms. The summed E-state index contributed by atoms with van der Waals surface area (Å²) < 4.78 is 0. The van der Waals surface area contributed by atoms with E-state index in [1.807, 2.05) is 67.6 Å². The van der Waals surface area contributed by atoms with Gasteiger partial charge in [-0.05, 0) is 24.1 Å². The maximum Gasteiger partial charge on any atom is 0.151 e. The van der Waals surface area contributed by atoms with Crippen molar-refractivity contribution >= 4 is 0 Å². The monoisotopic (exact) mass is 236 g/mol. The molecule has 0 aromatic heterocycles. The van der Waals surface area contributed by atoms with Crippen molar-refractivity contribution in [3.05, 3.63) is 71.8 Å². The van der Waals surface area contributed by atoms with E-state index in [-0.39, 0.29) is 0 Å². The Morgan fingerprint density at radius 3 is 2.06 bits per heavy atom. The molecule has 0 saturated carbocycles. The molecule has 1 heteroatoms. The summed E-state index contributed by atoms with van der Waals surface area (Å²) in [5.74, 6) is 6.02. The van der Waals surface area contributed by atoms with Crippen LogP contribution in [0.15, 0.2) is 60.7 Å². The second-order valence-electron chi connectivity index (χ2n) is 4.20. The molecule has 0 amide bonds. The van der Waals surface area contributed by atoms with Gasteiger partial charge in [0.05, 0.1) is 0 Å². The van der Waals surface area contributed by atoms with Gasteiger partial charge >= 0.3 is 0 Å². The Bertz CT molecular complexity index is 548. The largest absolute Gasteiger partial charge is 0.373 e. The van der Waals surface area contributed by atoms with Crippen LogP contribution in [0.4, 0.5) is 0 Å². The average molecular weight is 236 g/mol. The average Bonchev–Trinajstić information content (AvgIpc) is 2.47. The fraction of sp³-hybridized carbons (Fsp3) is 0.176. The minimum Gasteiger partial charge on any atom is -0.373 e. The first-order valence-corrected chi connectivity index (χ1v) is 6.11. The van der Waals surface area contributed by atoms with Gasteiger partial charge in [0.2, 0.25) is 0 Å². The van der Waals surface area contributed by atoms with E-state index >= 15 is 0 Å². The molecule has 2 aromatic carbocycles. The Morgan fingerprint density at radius 2 is 1.50 bits per heavy atom. The van der Waals surface area contributed by atoms with Gasteiger partial charge < -0.3 is 5.11 Å². The first kappa shape index (κ1) is 12.4. The van der Waals surface area contributed by atoms with Gasteiger partial charge in [0, 0.05) is 5.56 Å².